The molecule has 0 spiro atoms. The van der Waals surface area contributed by atoms with Gasteiger partial charge in [-0.1, -0.05) is 0 Å². The number of hydrogen-bond acceptors (Lipinski definition) is 1. The van der Waals surface area contributed by atoms with E-state index >= 15 is 0 Å². The second-order valence-electron chi connectivity index (χ2n) is 3.12. The Morgan fingerprint density at radius 2 is 1.85 bits per heavy atom. The van der Waals surface area contributed by atoms with Crippen LogP contribution in [-0.4, -0.2) is 31.3 Å². The van der Waals surface area contributed by atoms with Crippen molar-refractivity contribution in [3.8, 4) is 0 Å². The zero-order valence-corrected chi connectivity index (χ0v) is 10.3. The fraction of sp³-hybridized carbons (Fsp3) is 0.300. The summed E-state index contributed by atoms with van der Waals surface area (Å²) < 4.78 is -0.204. The van der Waals surface area contributed by atoms with Crippen LogP contribution >= 0.6 is 0 Å². The Morgan fingerprint density at radius 1 is 1.31 bits per heavy atom. The molecule has 1 atom stereocenters. The van der Waals surface area contributed by atoms with E-state index in [1.165, 1.54) is 0 Å². The van der Waals surface area contributed by atoms with Gasteiger partial charge in [0.15, 0.2) is 0 Å². The number of aliphatic carboxylic acids is 1. The zero-order valence-electron chi connectivity index (χ0n) is 7.77. The summed E-state index contributed by atoms with van der Waals surface area (Å²) in [4.78, 5) is 15.2. The van der Waals surface area contributed by atoms with Crippen LogP contribution in [0.15, 0.2) is 30.3 Å². The standard InChI is InChI=1S/C8H7O2.2CH3.Sb/c9-8(10)6-7-4-2-1-3-5-7;;;/h1-6H,(H,9,10);2*1H3;. The summed E-state index contributed by atoms with van der Waals surface area (Å²) in [5.74, 6) is -0.667. The number of rotatable bonds is 3. The summed E-state index contributed by atoms with van der Waals surface area (Å²) in [7, 11) is 0. The first kappa shape index (κ1) is 10.6. The molecule has 70 valence electrons. The van der Waals surface area contributed by atoms with E-state index in [4.69, 9.17) is 5.11 Å². The number of carboxylic acids is 1. The molecule has 1 aromatic carbocycles. The first-order chi connectivity index (χ1) is 6.13. The molecule has 0 fully saturated rings. The second kappa shape index (κ2) is 4.66. The zero-order chi connectivity index (χ0) is 9.84. The van der Waals surface area contributed by atoms with Crippen LogP contribution < -0.4 is 0 Å². The molecule has 0 radical (unpaired) electrons. The van der Waals surface area contributed by atoms with Gasteiger partial charge in [-0.25, -0.2) is 0 Å². The summed E-state index contributed by atoms with van der Waals surface area (Å²) in [6.45, 7) is 0. The van der Waals surface area contributed by atoms with Gasteiger partial charge in [0, 0.05) is 0 Å². The van der Waals surface area contributed by atoms with Gasteiger partial charge >= 0.3 is 85.6 Å². The van der Waals surface area contributed by atoms with Crippen molar-refractivity contribution in [2.24, 2.45) is 0 Å². The van der Waals surface area contributed by atoms with Crippen LogP contribution in [0.1, 0.15) is 9.43 Å². The third-order valence-corrected chi connectivity index (χ3v) is 6.29. The van der Waals surface area contributed by atoms with Crippen LogP contribution in [-0.2, 0) is 4.79 Å². The summed E-state index contributed by atoms with van der Waals surface area (Å²) in [5.41, 5.74) is 0.961. The van der Waals surface area contributed by atoms with Gasteiger partial charge in [-0.15, -0.1) is 0 Å². The maximum atomic E-state index is 11.0. The Kier molecular flexibility index (Phi) is 3.80. The van der Waals surface area contributed by atoms with Gasteiger partial charge in [0.2, 0.25) is 0 Å². The monoisotopic (exact) mass is 286 g/mol. The molecule has 0 aliphatic carbocycles. The van der Waals surface area contributed by atoms with Crippen molar-refractivity contribution in [2.45, 2.75) is 13.6 Å². The van der Waals surface area contributed by atoms with E-state index in [9.17, 15) is 4.79 Å². The van der Waals surface area contributed by atoms with Gasteiger partial charge in [0.25, 0.3) is 0 Å². The van der Waals surface area contributed by atoms with Crippen LogP contribution in [0.5, 0.6) is 0 Å². The molecule has 1 N–H and O–H groups in total. The summed E-state index contributed by atoms with van der Waals surface area (Å²) in [6.07, 6.45) is 0. The first-order valence-corrected chi connectivity index (χ1v) is 10.6. The Bertz CT molecular complexity index is 282. The van der Waals surface area contributed by atoms with Crippen molar-refractivity contribution in [2.75, 3.05) is 0 Å². The molecule has 0 saturated heterocycles. The molecule has 3 heteroatoms. The number of carbonyl (C=O) groups is 1. The van der Waals surface area contributed by atoms with E-state index in [0.29, 0.717) is 0 Å². The predicted molar refractivity (Wildman–Crippen MR) is 54.3 cm³/mol. The minimum absolute atomic E-state index is 0.204. The second-order valence-corrected chi connectivity index (χ2v) is 10.1. The Labute approximate surface area is 85.5 Å². The molecule has 0 aliphatic rings. The fourth-order valence-electron chi connectivity index (χ4n) is 1.30. The van der Waals surface area contributed by atoms with E-state index in [1.54, 1.807) is 0 Å². The van der Waals surface area contributed by atoms with Crippen molar-refractivity contribution in [1.82, 2.24) is 0 Å². The van der Waals surface area contributed by atoms with Gasteiger partial charge in [-0.2, -0.15) is 0 Å². The number of hydrogen-bond donors (Lipinski definition) is 1. The molecule has 1 unspecified atom stereocenters. The number of benzene rings is 1. The average molecular weight is 287 g/mol. The molecule has 0 heterocycles. The SMILES string of the molecule is [CH3][Sb]([CH3])[CH](C(=O)O)c1ccccc1. The van der Waals surface area contributed by atoms with Crippen molar-refractivity contribution >= 4 is 26.2 Å². The first-order valence-electron chi connectivity index (χ1n) is 4.07. The van der Waals surface area contributed by atoms with Gasteiger partial charge < -0.3 is 0 Å². The van der Waals surface area contributed by atoms with Gasteiger partial charge in [-0.3, -0.25) is 0 Å². The van der Waals surface area contributed by atoms with E-state index in [2.05, 4.69) is 9.74 Å². The van der Waals surface area contributed by atoms with E-state index in [1.807, 2.05) is 30.3 Å². The predicted octanol–water partition coefficient (Wildman–Crippen LogP) is 2.15. The quantitative estimate of drug-likeness (QED) is 0.865. The molecule has 13 heavy (non-hydrogen) atoms. The summed E-state index contributed by atoms with van der Waals surface area (Å²) >= 11 is -1.58. The van der Waals surface area contributed by atoms with E-state index < -0.39 is 26.2 Å². The third kappa shape index (κ3) is 2.73. The van der Waals surface area contributed by atoms with Gasteiger partial charge in [0.05, 0.1) is 0 Å². The Balaban J connectivity index is 2.96. The van der Waals surface area contributed by atoms with Crippen LogP contribution in [0.2, 0.25) is 9.74 Å². The third-order valence-electron chi connectivity index (χ3n) is 1.87. The number of carboxylic acid groups (broad SMARTS) is 1. The molecule has 0 aromatic heterocycles. The normalized spacial score (nSPS) is 12.8. The molecule has 1 rings (SSSR count). The van der Waals surface area contributed by atoms with Crippen LogP contribution in [0, 0.1) is 0 Å². The minimum atomic E-state index is -1.58. The average Bonchev–Trinajstić information content (AvgIpc) is 2.04. The van der Waals surface area contributed by atoms with Gasteiger partial charge in [0.1, 0.15) is 0 Å². The van der Waals surface area contributed by atoms with Gasteiger partial charge in [-0.05, 0) is 0 Å². The molecule has 0 amide bonds. The molecule has 0 saturated carbocycles. The molecular formula is C10H13O2Sb. The Morgan fingerprint density at radius 3 is 2.23 bits per heavy atom. The summed E-state index contributed by atoms with van der Waals surface area (Å²) in [5, 5.41) is 9.04. The summed E-state index contributed by atoms with van der Waals surface area (Å²) in [6, 6.07) is 9.52. The maximum absolute atomic E-state index is 11.0. The van der Waals surface area contributed by atoms with Crippen molar-refractivity contribution < 1.29 is 9.90 Å². The molecular weight excluding hydrogens is 274 g/mol. The van der Waals surface area contributed by atoms with Crippen LogP contribution in [0.4, 0.5) is 0 Å². The molecule has 1 aromatic rings. The van der Waals surface area contributed by atoms with E-state index in [-0.39, 0.29) is 3.86 Å². The topological polar surface area (TPSA) is 37.3 Å². The fourth-order valence-corrected chi connectivity index (χ4v) is 4.75. The Hall–Kier alpha value is -0.492. The van der Waals surface area contributed by atoms with Crippen molar-refractivity contribution in [1.29, 1.82) is 0 Å². The molecule has 0 aliphatic heterocycles. The van der Waals surface area contributed by atoms with E-state index in [0.717, 1.165) is 5.56 Å². The van der Waals surface area contributed by atoms with Crippen molar-refractivity contribution in [3.05, 3.63) is 35.9 Å². The van der Waals surface area contributed by atoms with Crippen molar-refractivity contribution in [3.63, 3.8) is 0 Å². The van der Waals surface area contributed by atoms with Crippen LogP contribution in [0.3, 0.4) is 0 Å². The molecule has 2 nitrogen and oxygen atoms in total. The van der Waals surface area contributed by atoms with Crippen LogP contribution in [0.25, 0.3) is 0 Å². The molecule has 0 bridgehead atoms.